The Bertz CT molecular complexity index is 803. The molecule has 1 aromatic rings. The standard InChI is InChI=1S/C25H31F3O/c1-7-9-21-14-15-22(25(28)24(21)27)13-11-17(3)10-12-18(4)19(5)16-23(26)20(6)29-8-2/h7,9,11,13-18H,5-6,8,10,12H2,1-4H3/b9-7+,13-11+,23-16+. The zero-order chi connectivity index (χ0) is 22.0. The van der Waals surface area contributed by atoms with Gasteiger partial charge in [-0.2, -0.15) is 0 Å². The fourth-order valence-corrected chi connectivity index (χ4v) is 2.71. The molecule has 1 nitrogen and oxygen atoms in total. The van der Waals surface area contributed by atoms with Gasteiger partial charge in [-0.1, -0.05) is 63.4 Å². The minimum Gasteiger partial charge on any atom is -0.491 e. The number of hydrogen-bond donors (Lipinski definition) is 0. The van der Waals surface area contributed by atoms with E-state index in [-0.39, 0.29) is 28.7 Å². The van der Waals surface area contributed by atoms with Crippen LogP contribution in [0.1, 0.15) is 51.7 Å². The van der Waals surface area contributed by atoms with Crippen LogP contribution in [0.5, 0.6) is 0 Å². The molecule has 4 heteroatoms. The van der Waals surface area contributed by atoms with Gasteiger partial charge in [-0.3, -0.25) is 0 Å². The molecule has 2 atom stereocenters. The van der Waals surface area contributed by atoms with Gasteiger partial charge in [0.05, 0.1) is 6.61 Å². The monoisotopic (exact) mass is 404 g/mol. The fraction of sp³-hybridized carbons (Fsp3) is 0.360. The Kier molecular flexibility index (Phi) is 10.3. The summed E-state index contributed by atoms with van der Waals surface area (Å²) in [5.41, 5.74) is 1.11. The Labute approximate surface area is 173 Å². The van der Waals surface area contributed by atoms with Crippen LogP contribution in [0.25, 0.3) is 12.2 Å². The van der Waals surface area contributed by atoms with Crippen molar-refractivity contribution in [2.24, 2.45) is 11.8 Å². The molecule has 0 aliphatic carbocycles. The van der Waals surface area contributed by atoms with E-state index in [0.717, 1.165) is 12.8 Å². The lowest BCUT2D eigenvalue weighted by atomic mass is 9.92. The molecule has 0 aliphatic rings. The molecule has 29 heavy (non-hydrogen) atoms. The largest absolute Gasteiger partial charge is 0.491 e. The molecule has 0 aliphatic heterocycles. The van der Waals surface area contributed by atoms with E-state index < -0.39 is 17.5 Å². The van der Waals surface area contributed by atoms with Gasteiger partial charge < -0.3 is 4.74 Å². The highest BCUT2D eigenvalue weighted by atomic mass is 19.2. The number of ether oxygens (including phenoxy) is 1. The van der Waals surface area contributed by atoms with Crippen molar-refractivity contribution in [1.82, 2.24) is 0 Å². The van der Waals surface area contributed by atoms with Crippen LogP contribution < -0.4 is 0 Å². The van der Waals surface area contributed by atoms with E-state index in [0.29, 0.717) is 12.2 Å². The third-order valence-electron chi connectivity index (χ3n) is 4.68. The van der Waals surface area contributed by atoms with E-state index in [4.69, 9.17) is 4.74 Å². The molecule has 1 rings (SSSR count). The van der Waals surface area contributed by atoms with E-state index in [1.807, 2.05) is 19.9 Å². The molecule has 0 saturated carbocycles. The summed E-state index contributed by atoms with van der Waals surface area (Å²) in [4.78, 5) is 0. The molecule has 0 radical (unpaired) electrons. The molecule has 2 unspecified atom stereocenters. The Morgan fingerprint density at radius 2 is 1.66 bits per heavy atom. The molecule has 0 saturated heterocycles. The van der Waals surface area contributed by atoms with Gasteiger partial charge in [-0.05, 0) is 50.2 Å². The van der Waals surface area contributed by atoms with Crippen LogP contribution in [0.3, 0.4) is 0 Å². The van der Waals surface area contributed by atoms with Gasteiger partial charge in [-0.25, -0.2) is 13.2 Å². The number of hydrogen-bond acceptors (Lipinski definition) is 1. The molecule has 0 heterocycles. The summed E-state index contributed by atoms with van der Waals surface area (Å²) >= 11 is 0. The summed E-state index contributed by atoms with van der Waals surface area (Å²) in [6.45, 7) is 15.3. The van der Waals surface area contributed by atoms with Crippen molar-refractivity contribution in [2.45, 2.75) is 40.5 Å². The average Bonchev–Trinajstić information content (AvgIpc) is 2.69. The highest BCUT2D eigenvalue weighted by Crippen LogP contribution is 2.24. The van der Waals surface area contributed by atoms with Crippen LogP contribution in [-0.4, -0.2) is 6.61 Å². The minimum atomic E-state index is -0.846. The molecule has 0 amide bonds. The van der Waals surface area contributed by atoms with Gasteiger partial charge >= 0.3 is 0 Å². The van der Waals surface area contributed by atoms with Crippen molar-refractivity contribution in [2.75, 3.05) is 6.61 Å². The normalized spacial score (nSPS) is 14.4. The summed E-state index contributed by atoms with van der Waals surface area (Å²) < 4.78 is 47.2. The minimum absolute atomic E-state index is 0.00635. The van der Waals surface area contributed by atoms with E-state index in [9.17, 15) is 13.2 Å². The maximum atomic E-state index is 14.2. The Morgan fingerprint density at radius 3 is 2.21 bits per heavy atom. The lowest BCUT2D eigenvalue weighted by Gasteiger charge is -2.14. The molecular weight excluding hydrogens is 373 g/mol. The number of halogens is 3. The van der Waals surface area contributed by atoms with Crippen LogP contribution in [-0.2, 0) is 4.74 Å². The third-order valence-corrected chi connectivity index (χ3v) is 4.68. The molecule has 158 valence electrons. The highest BCUT2D eigenvalue weighted by Gasteiger charge is 2.12. The number of rotatable bonds is 11. The average molecular weight is 405 g/mol. The summed E-state index contributed by atoms with van der Waals surface area (Å²) in [5, 5.41) is 0. The van der Waals surface area contributed by atoms with Crippen LogP contribution in [0.15, 0.2) is 60.7 Å². The van der Waals surface area contributed by atoms with Gasteiger partial charge in [0, 0.05) is 11.1 Å². The second-order valence-corrected chi connectivity index (χ2v) is 7.11. The Morgan fingerprint density at radius 1 is 1.07 bits per heavy atom. The lowest BCUT2D eigenvalue weighted by molar-refractivity contribution is 0.226. The SMILES string of the molecule is C=C(OCC)/C(F)=C\C(=C)C(C)CCC(C)/C=C/c1ccc(/C=C/C)c(F)c1F. The van der Waals surface area contributed by atoms with Crippen molar-refractivity contribution in [1.29, 1.82) is 0 Å². The van der Waals surface area contributed by atoms with E-state index >= 15 is 0 Å². The van der Waals surface area contributed by atoms with Gasteiger partial charge in [-0.15, -0.1) is 0 Å². The Balaban J connectivity index is 2.66. The molecule has 0 spiro atoms. The van der Waals surface area contributed by atoms with E-state index in [2.05, 4.69) is 13.2 Å². The molecule has 1 aromatic carbocycles. The van der Waals surface area contributed by atoms with Gasteiger partial charge in [0.1, 0.15) is 5.76 Å². The molecule has 0 bridgehead atoms. The zero-order valence-electron chi connectivity index (χ0n) is 17.8. The summed E-state index contributed by atoms with van der Waals surface area (Å²) in [6.07, 6.45) is 9.60. The summed E-state index contributed by atoms with van der Waals surface area (Å²) in [5.74, 6) is -1.98. The van der Waals surface area contributed by atoms with Crippen molar-refractivity contribution >= 4 is 12.2 Å². The predicted octanol–water partition coefficient (Wildman–Crippen LogP) is 8.02. The zero-order valence-corrected chi connectivity index (χ0v) is 17.8. The van der Waals surface area contributed by atoms with Crippen LogP contribution in [0, 0.1) is 23.5 Å². The first-order valence-corrected chi connectivity index (χ1v) is 9.88. The summed E-state index contributed by atoms with van der Waals surface area (Å²) in [6, 6.07) is 3.13. The summed E-state index contributed by atoms with van der Waals surface area (Å²) in [7, 11) is 0. The number of benzene rings is 1. The van der Waals surface area contributed by atoms with Gasteiger partial charge in [0.2, 0.25) is 0 Å². The quantitative estimate of drug-likeness (QED) is 0.268. The molecule has 0 N–H and O–H groups in total. The van der Waals surface area contributed by atoms with Crippen LogP contribution in [0.2, 0.25) is 0 Å². The van der Waals surface area contributed by atoms with E-state index in [1.165, 1.54) is 12.2 Å². The molecular formula is C25H31F3O. The smallest absolute Gasteiger partial charge is 0.166 e. The second-order valence-electron chi connectivity index (χ2n) is 7.11. The van der Waals surface area contributed by atoms with Gasteiger partial charge in [0.15, 0.2) is 17.5 Å². The van der Waals surface area contributed by atoms with Crippen molar-refractivity contribution in [3.8, 4) is 0 Å². The van der Waals surface area contributed by atoms with Crippen molar-refractivity contribution in [3.63, 3.8) is 0 Å². The van der Waals surface area contributed by atoms with Crippen molar-refractivity contribution in [3.05, 3.63) is 83.4 Å². The van der Waals surface area contributed by atoms with Crippen molar-refractivity contribution < 1.29 is 17.9 Å². The predicted molar refractivity (Wildman–Crippen MR) is 117 cm³/mol. The Hall–Kier alpha value is -2.49. The third kappa shape index (κ3) is 7.80. The first-order valence-electron chi connectivity index (χ1n) is 9.88. The molecule has 0 aromatic heterocycles. The van der Waals surface area contributed by atoms with Crippen LogP contribution >= 0.6 is 0 Å². The van der Waals surface area contributed by atoms with Gasteiger partial charge in [0.25, 0.3) is 0 Å². The number of allylic oxidation sites excluding steroid dienone is 5. The first kappa shape index (κ1) is 24.5. The highest BCUT2D eigenvalue weighted by molar-refractivity contribution is 5.57. The lowest BCUT2D eigenvalue weighted by Crippen LogP contribution is -2.01. The maximum absolute atomic E-state index is 14.2. The molecule has 0 fully saturated rings. The fourth-order valence-electron chi connectivity index (χ4n) is 2.71. The van der Waals surface area contributed by atoms with Crippen LogP contribution in [0.4, 0.5) is 13.2 Å². The maximum Gasteiger partial charge on any atom is 0.166 e. The topological polar surface area (TPSA) is 9.23 Å². The van der Waals surface area contributed by atoms with E-state index in [1.54, 1.807) is 38.1 Å². The second kappa shape index (κ2) is 12.2. The first-order chi connectivity index (χ1) is 13.7.